The molecule has 5 heteroatoms. The molecule has 1 atom stereocenters. The first-order chi connectivity index (χ1) is 10.2. The second-order valence-electron chi connectivity index (χ2n) is 5.77. The van der Waals surface area contributed by atoms with Crippen molar-refractivity contribution in [3.8, 4) is 0 Å². The van der Waals surface area contributed by atoms with E-state index in [9.17, 15) is 9.59 Å². The minimum absolute atomic E-state index is 0.0777. The van der Waals surface area contributed by atoms with Crippen LogP contribution in [0.2, 0.25) is 0 Å². The number of hydrogen-bond donors (Lipinski definition) is 1. The summed E-state index contributed by atoms with van der Waals surface area (Å²) < 4.78 is 4.96. The van der Waals surface area contributed by atoms with Crippen molar-refractivity contribution in [2.24, 2.45) is 5.92 Å². The van der Waals surface area contributed by atoms with E-state index >= 15 is 0 Å². The number of benzene rings is 1. The van der Waals surface area contributed by atoms with Crippen molar-refractivity contribution in [2.45, 2.75) is 47.6 Å². The lowest BCUT2D eigenvalue weighted by atomic mass is 10.0. The number of nitrogen functional groups attached to an aromatic ring is 1. The second-order valence-corrected chi connectivity index (χ2v) is 5.77. The molecular weight excluding hydrogens is 280 g/mol. The topological polar surface area (TPSA) is 72.6 Å². The van der Waals surface area contributed by atoms with E-state index in [-0.39, 0.29) is 18.6 Å². The zero-order valence-corrected chi connectivity index (χ0v) is 14.3. The zero-order chi connectivity index (χ0) is 17.0. The van der Waals surface area contributed by atoms with Gasteiger partial charge in [0.2, 0.25) is 5.91 Å². The van der Waals surface area contributed by atoms with Crippen LogP contribution in [-0.4, -0.2) is 24.5 Å². The van der Waals surface area contributed by atoms with Crippen LogP contribution in [0.1, 0.15) is 38.8 Å². The summed E-state index contributed by atoms with van der Waals surface area (Å²) >= 11 is 0. The highest BCUT2D eigenvalue weighted by Crippen LogP contribution is 2.28. The summed E-state index contributed by atoms with van der Waals surface area (Å²) in [6.45, 7) is 11.2. The van der Waals surface area contributed by atoms with Gasteiger partial charge in [-0.15, -0.1) is 0 Å². The molecule has 22 heavy (non-hydrogen) atoms. The van der Waals surface area contributed by atoms with E-state index < -0.39 is 11.9 Å². The lowest BCUT2D eigenvalue weighted by molar-refractivity contribution is -0.150. The first kappa shape index (κ1) is 18.0. The summed E-state index contributed by atoms with van der Waals surface area (Å²) in [6, 6.07) is 3.66. The molecule has 0 bridgehead atoms. The van der Waals surface area contributed by atoms with Crippen LogP contribution in [0.3, 0.4) is 0 Å². The van der Waals surface area contributed by atoms with Gasteiger partial charge >= 0.3 is 5.97 Å². The Morgan fingerprint density at radius 3 is 2.27 bits per heavy atom. The van der Waals surface area contributed by atoms with Gasteiger partial charge in [0.1, 0.15) is 5.92 Å². The molecule has 0 aliphatic heterocycles. The number of nitrogens with zero attached hydrogens (tertiary/aromatic N) is 1. The van der Waals surface area contributed by atoms with Crippen molar-refractivity contribution >= 4 is 23.3 Å². The van der Waals surface area contributed by atoms with Crippen molar-refractivity contribution in [3.63, 3.8) is 0 Å². The Morgan fingerprint density at radius 2 is 1.77 bits per heavy atom. The highest BCUT2D eigenvalue weighted by Gasteiger charge is 2.31. The van der Waals surface area contributed by atoms with Crippen LogP contribution >= 0.6 is 0 Å². The number of carbonyl (C=O) groups excluding carboxylic acids is 2. The summed E-state index contributed by atoms with van der Waals surface area (Å²) in [6.07, 6.45) is 0. The average molecular weight is 306 g/mol. The Bertz CT molecular complexity index is 567. The molecule has 122 valence electrons. The number of carbonyl (C=O) groups is 2. The number of hydrogen-bond acceptors (Lipinski definition) is 4. The Morgan fingerprint density at radius 1 is 1.18 bits per heavy atom. The number of ether oxygens (including phenoxy) is 1. The van der Waals surface area contributed by atoms with Crippen LogP contribution in [0.25, 0.3) is 0 Å². The van der Waals surface area contributed by atoms with Gasteiger partial charge in [-0.05, 0) is 64.8 Å². The number of nitrogens with two attached hydrogens (primary N) is 1. The Balaban J connectivity index is 3.22. The molecule has 0 aliphatic rings. The number of anilines is 2. The van der Waals surface area contributed by atoms with E-state index in [2.05, 4.69) is 0 Å². The van der Waals surface area contributed by atoms with Gasteiger partial charge in [-0.25, -0.2) is 0 Å². The third-order valence-corrected chi connectivity index (χ3v) is 3.61. The molecule has 0 heterocycles. The molecule has 0 saturated heterocycles. The van der Waals surface area contributed by atoms with Crippen molar-refractivity contribution < 1.29 is 14.3 Å². The van der Waals surface area contributed by atoms with E-state index in [1.54, 1.807) is 18.7 Å². The Hall–Kier alpha value is -2.04. The third kappa shape index (κ3) is 3.78. The molecule has 1 aromatic rings. The summed E-state index contributed by atoms with van der Waals surface area (Å²) in [5.41, 5.74) is 9.19. The SMILES string of the molecule is CCOC(=O)C(C)C(=O)N(c1cc(C)c(N)cc1C)C(C)C. The number of rotatable bonds is 5. The summed E-state index contributed by atoms with van der Waals surface area (Å²) in [5.74, 6) is -1.59. The van der Waals surface area contributed by atoms with Gasteiger partial charge in [0.05, 0.1) is 6.61 Å². The maximum absolute atomic E-state index is 12.7. The maximum Gasteiger partial charge on any atom is 0.318 e. The fourth-order valence-electron chi connectivity index (χ4n) is 2.31. The normalized spacial score (nSPS) is 12.1. The molecule has 0 spiro atoms. The monoisotopic (exact) mass is 306 g/mol. The third-order valence-electron chi connectivity index (χ3n) is 3.61. The molecule has 1 rings (SSSR count). The smallest absolute Gasteiger partial charge is 0.318 e. The predicted molar refractivity (Wildman–Crippen MR) is 88.7 cm³/mol. The molecule has 1 aromatic carbocycles. The van der Waals surface area contributed by atoms with Gasteiger partial charge in [-0.2, -0.15) is 0 Å². The Labute approximate surface area is 132 Å². The fraction of sp³-hybridized carbons (Fsp3) is 0.529. The molecule has 0 saturated carbocycles. The van der Waals surface area contributed by atoms with E-state index in [1.165, 1.54) is 0 Å². The second kappa shape index (κ2) is 7.29. The van der Waals surface area contributed by atoms with Crippen molar-refractivity contribution in [3.05, 3.63) is 23.3 Å². The molecule has 5 nitrogen and oxygen atoms in total. The molecule has 0 fully saturated rings. The molecular formula is C17H26N2O3. The molecule has 1 amide bonds. The van der Waals surface area contributed by atoms with Gasteiger partial charge in [-0.1, -0.05) is 0 Å². The van der Waals surface area contributed by atoms with E-state index in [4.69, 9.17) is 10.5 Å². The van der Waals surface area contributed by atoms with Crippen LogP contribution in [0.4, 0.5) is 11.4 Å². The van der Waals surface area contributed by atoms with Crippen LogP contribution < -0.4 is 10.6 Å². The van der Waals surface area contributed by atoms with Crippen molar-refractivity contribution in [1.29, 1.82) is 0 Å². The standard InChI is InChI=1S/C17H26N2O3/c1-7-22-17(21)13(6)16(20)19(10(2)3)15-9-11(4)14(18)8-12(15)5/h8-10,13H,7,18H2,1-6H3. The van der Waals surface area contributed by atoms with Gasteiger partial charge in [0.15, 0.2) is 0 Å². The molecule has 0 aliphatic carbocycles. The molecule has 2 N–H and O–H groups in total. The van der Waals surface area contributed by atoms with Crippen LogP contribution in [-0.2, 0) is 14.3 Å². The fourth-order valence-corrected chi connectivity index (χ4v) is 2.31. The van der Waals surface area contributed by atoms with Crippen LogP contribution in [0.15, 0.2) is 12.1 Å². The quantitative estimate of drug-likeness (QED) is 0.516. The van der Waals surface area contributed by atoms with E-state index in [0.717, 1.165) is 16.8 Å². The van der Waals surface area contributed by atoms with Crippen LogP contribution in [0, 0.1) is 19.8 Å². The summed E-state index contributed by atoms with van der Waals surface area (Å²) in [7, 11) is 0. The van der Waals surface area contributed by atoms with E-state index in [1.807, 2.05) is 39.8 Å². The number of amides is 1. The summed E-state index contributed by atoms with van der Waals surface area (Å²) in [4.78, 5) is 26.2. The van der Waals surface area contributed by atoms with Crippen molar-refractivity contribution in [2.75, 3.05) is 17.2 Å². The zero-order valence-electron chi connectivity index (χ0n) is 14.3. The highest BCUT2D eigenvalue weighted by molar-refractivity contribution is 6.06. The minimum Gasteiger partial charge on any atom is -0.465 e. The molecule has 0 radical (unpaired) electrons. The summed E-state index contributed by atoms with van der Waals surface area (Å²) in [5, 5.41) is 0. The van der Waals surface area contributed by atoms with Gasteiger partial charge in [0, 0.05) is 17.4 Å². The van der Waals surface area contributed by atoms with E-state index in [0.29, 0.717) is 5.69 Å². The lowest BCUT2D eigenvalue weighted by Crippen LogP contribution is -2.43. The van der Waals surface area contributed by atoms with Gasteiger partial charge in [0.25, 0.3) is 0 Å². The molecule has 1 unspecified atom stereocenters. The number of aryl methyl sites for hydroxylation is 2. The highest BCUT2D eigenvalue weighted by atomic mass is 16.5. The lowest BCUT2D eigenvalue weighted by Gasteiger charge is -2.30. The minimum atomic E-state index is -0.834. The predicted octanol–water partition coefficient (Wildman–Crippen LogP) is 2.83. The number of esters is 1. The Kier molecular flexibility index (Phi) is 5.97. The van der Waals surface area contributed by atoms with Crippen molar-refractivity contribution in [1.82, 2.24) is 0 Å². The van der Waals surface area contributed by atoms with Gasteiger partial charge in [-0.3, -0.25) is 9.59 Å². The average Bonchev–Trinajstić information content (AvgIpc) is 2.43. The molecule has 0 aromatic heterocycles. The van der Waals surface area contributed by atoms with Gasteiger partial charge < -0.3 is 15.4 Å². The maximum atomic E-state index is 12.7. The first-order valence-corrected chi connectivity index (χ1v) is 7.57. The van der Waals surface area contributed by atoms with Crippen LogP contribution in [0.5, 0.6) is 0 Å². The first-order valence-electron chi connectivity index (χ1n) is 7.57. The largest absolute Gasteiger partial charge is 0.465 e.